The van der Waals surface area contributed by atoms with Gasteiger partial charge >= 0.3 is 0 Å². The molecule has 0 spiro atoms. The van der Waals surface area contributed by atoms with E-state index in [9.17, 15) is 8.42 Å². The summed E-state index contributed by atoms with van der Waals surface area (Å²) < 4.78 is 27.2. The second-order valence-electron chi connectivity index (χ2n) is 5.53. The second kappa shape index (κ2) is 6.24. The Balaban J connectivity index is 2.36. The number of hydrogen-bond acceptors (Lipinski definition) is 3. The third-order valence-corrected chi connectivity index (χ3v) is 6.31. The Morgan fingerprint density at radius 2 is 1.95 bits per heavy atom. The van der Waals surface area contributed by atoms with Gasteiger partial charge < -0.3 is 5.32 Å². The van der Waals surface area contributed by atoms with E-state index in [1.54, 1.807) is 17.4 Å². The molecule has 0 aliphatic heterocycles. The van der Waals surface area contributed by atoms with Crippen LogP contribution in [-0.4, -0.2) is 32.9 Å². The number of rotatable bonds is 5. The molecular formula is C15H24N2O2S. The molecule has 4 nitrogen and oxygen atoms in total. The average molecular weight is 296 g/mol. The minimum Gasteiger partial charge on any atom is -0.316 e. The van der Waals surface area contributed by atoms with Crippen LogP contribution in [0.1, 0.15) is 36.8 Å². The fraction of sp³-hybridized carbons (Fsp3) is 0.600. The van der Waals surface area contributed by atoms with E-state index in [0.717, 1.165) is 36.8 Å². The van der Waals surface area contributed by atoms with E-state index in [1.165, 1.54) is 0 Å². The maximum absolute atomic E-state index is 12.8. The first kappa shape index (κ1) is 15.5. The van der Waals surface area contributed by atoms with Crippen molar-refractivity contribution in [1.82, 2.24) is 9.62 Å². The Kier molecular flexibility index (Phi) is 4.83. The molecule has 20 heavy (non-hydrogen) atoms. The van der Waals surface area contributed by atoms with Crippen molar-refractivity contribution >= 4 is 10.0 Å². The van der Waals surface area contributed by atoms with E-state index in [1.807, 2.05) is 26.1 Å². The van der Waals surface area contributed by atoms with E-state index in [0.29, 0.717) is 11.4 Å². The lowest BCUT2D eigenvalue weighted by atomic mass is 10.1. The Bertz CT molecular complexity index is 563. The van der Waals surface area contributed by atoms with E-state index < -0.39 is 10.0 Å². The first-order valence-electron chi connectivity index (χ1n) is 7.19. The second-order valence-corrected chi connectivity index (χ2v) is 7.50. The van der Waals surface area contributed by atoms with Gasteiger partial charge in [0.2, 0.25) is 10.0 Å². The largest absolute Gasteiger partial charge is 0.316 e. The summed E-state index contributed by atoms with van der Waals surface area (Å²) >= 11 is 0. The topological polar surface area (TPSA) is 49.4 Å². The van der Waals surface area contributed by atoms with Gasteiger partial charge in [0, 0.05) is 19.6 Å². The lowest BCUT2D eigenvalue weighted by molar-refractivity contribution is 0.372. The van der Waals surface area contributed by atoms with Crippen LogP contribution in [0.25, 0.3) is 0 Å². The SMILES string of the molecule is CNCc1cccc(S(=O)(=O)N(C)C2CCCC2)c1C. The average Bonchev–Trinajstić information content (AvgIpc) is 2.94. The molecule has 0 amide bonds. The molecule has 0 radical (unpaired) electrons. The van der Waals surface area contributed by atoms with Crippen LogP contribution in [0.3, 0.4) is 0 Å². The number of benzene rings is 1. The standard InChI is InChI=1S/C15H24N2O2S/c1-12-13(11-16-2)7-6-10-15(12)20(18,19)17(3)14-8-4-5-9-14/h6-7,10,14,16H,4-5,8-9,11H2,1-3H3. The van der Waals surface area contributed by atoms with Gasteiger partial charge in [-0.1, -0.05) is 25.0 Å². The lowest BCUT2D eigenvalue weighted by Crippen LogP contribution is -2.35. The minimum absolute atomic E-state index is 0.160. The lowest BCUT2D eigenvalue weighted by Gasteiger charge is -2.25. The van der Waals surface area contributed by atoms with Gasteiger partial charge in [0.05, 0.1) is 4.90 Å². The summed E-state index contributed by atoms with van der Waals surface area (Å²) in [5, 5.41) is 3.08. The van der Waals surface area contributed by atoms with Crippen LogP contribution < -0.4 is 5.32 Å². The number of nitrogens with zero attached hydrogens (tertiary/aromatic N) is 1. The number of sulfonamides is 1. The maximum atomic E-state index is 12.8. The van der Waals surface area contributed by atoms with Crippen LogP contribution in [0.4, 0.5) is 0 Å². The van der Waals surface area contributed by atoms with Crippen molar-refractivity contribution in [2.45, 2.75) is 50.1 Å². The number of hydrogen-bond donors (Lipinski definition) is 1. The van der Waals surface area contributed by atoms with Crippen LogP contribution in [0.15, 0.2) is 23.1 Å². The van der Waals surface area contributed by atoms with Gasteiger partial charge in [-0.15, -0.1) is 0 Å². The van der Waals surface area contributed by atoms with Crippen LogP contribution >= 0.6 is 0 Å². The molecule has 0 atom stereocenters. The van der Waals surface area contributed by atoms with E-state index in [4.69, 9.17) is 0 Å². The Labute approximate surface area is 122 Å². The molecule has 5 heteroatoms. The highest BCUT2D eigenvalue weighted by molar-refractivity contribution is 7.89. The molecule has 112 valence electrons. The molecular weight excluding hydrogens is 272 g/mol. The molecule has 0 unspecified atom stereocenters. The van der Waals surface area contributed by atoms with Gasteiger partial charge in [-0.3, -0.25) is 0 Å². The summed E-state index contributed by atoms with van der Waals surface area (Å²) in [6.07, 6.45) is 4.21. The summed E-state index contributed by atoms with van der Waals surface area (Å²) in [7, 11) is 0.196. The third-order valence-electron chi connectivity index (χ3n) is 4.26. The highest BCUT2D eigenvalue weighted by Crippen LogP contribution is 2.29. The van der Waals surface area contributed by atoms with Gasteiger partial charge in [-0.05, 0) is 44.0 Å². The maximum Gasteiger partial charge on any atom is 0.243 e. The van der Waals surface area contributed by atoms with E-state index in [-0.39, 0.29) is 6.04 Å². The Morgan fingerprint density at radius 1 is 1.30 bits per heavy atom. The summed E-state index contributed by atoms with van der Waals surface area (Å²) in [5.74, 6) is 0. The highest BCUT2D eigenvalue weighted by atomic mass is 32.2. The molecule has 1 aliphatic rings. The van der Waals surface area contributed by atoms with Crippen molar-refractivity contribution < 1.29 is 8.42 Å². The molecule has 1 saturated carbocycles. The quantitative estimate of drug-likeness (QED) is 0.907. The smallest absolute Gasteiger partial charge is 0.243 e. The summed E-state index contributed by atoms with van der Waals surface area (Å²) in [6.45, 7) is 2.57. The molecule has 0 saturated heterocycles. The molecule has 1 aromatic carbocycles. The van der Waals surface area contributed by atoms with Crippen LogP contribution in [0.2, 0.25) is 0 Å². The molecule has 2 rings (SSSR count). The van der Waals surface area contributed by atoms with Crippen molar-refractivity contribution in [2.75, 3.05) is 14.1 Å². The predicted octanol–water partition coefficient (Wildman–Crippen LogP) is 2.28. The van der Waals surface area contributed by atoms with E-state index in [2.05, 4.69) is 5.32 Å². The monoisotopic (exact) mass is 296 g/mol. The van der Waals surface area contributed by atoms with E-state index >= 15 is 0 Å². The first-order chi connectivity index (χ1) is 9.48. The normalized spacial score (nSPS) is 17.0. The van der Waals surface area contributed by atoms with Crippen LogP contribution in [-0.2, 0) is 16.6 Å². The van der Waals surface area contributed by atoms with Gasteiger partial charge in [-0.25, -0.2) is 8.42 Å². The Hall–Kier alpha value is -0.910. The summed E-state index contributed by atoms with van der Waals surface area (Å²) in [6, 6.07) is 5.68. The van der Waals surface area contributed by atoms with Gasteiger partial charge in [0.25, 0.3) is 0 Å². The highest BCUT2D eigenvalue weighted by Gasteiger charge is 2.31. The van der Waals surface area contributed by atoms with Gasteiger partial charge in [0.15, 0.2) is 0 Å². The van der Waals surface area contributed by atoms with Crippen LogP contribution in [0.5, 0.6) is 0 Å². The minimum atomic E-state index is -3.39. The zero-order valence-electron chi connectivity index (χ0n) is 12.5. The van der Waals surface area contributed by atoms with Gasteiger partial charge in [-0.2, -0.15) is 4.31 Å². The zero-order chi connectivity index (χ0) is 14.8. The number of nitrogens with one attached hydrogen (secondary N) is 1. The first-order valence-corrected chi connectivity index (χ1v) is 8.63. The van der Waals surface area contributed by atoms with Crippen molar-refractivity contribution in [2.24, 2.45) is 0 Å². The van der Waals surface area contributed by atoms with Crippen molar-refractivity contribution in [3.05, 3.63) is 29.3 Å². The molecule has 1 N–H and O–H groups in total. The summed E-state index contributed by atoms with van der Waals surface area (Å²) in [5.41, 5.74) is 1.89. The molecule has 0 aromatic heterocycles. The fourth-order valence-corrected chi connectivity index (χ4v) is 4.62. The van der Waals surface area contributed by atoms with Crippen molar-refractivity contribution in [1.29, 1.82) is 0 Å². The predicted molar refractivity (Wildman–Crippen MR) is 81.1 cm³/mol. The molecule has 1 aliphatic carbocycles. The Morgan fingerprint density at radius 3 is 2.55 bits per heavy atom. The molecule has 0 heterocycles. The van der Waals surface area contributed by atoms with Crippen LogP contribution in [0, 0.1) is 6.92 Å². The van der Waals surface area contributed by atoms with Crippen molar-refractivity contribution in [3.8, 4) is 0 Å². The molecule has 1 fully saturated rings. The van der Waals surface area contributed by atoms with Gasteiger partial charge in [0.1, 0.15) is 0 Å². The fourth-order valence-electron chi connectivity index (χ4n) is 2.94. The van der Waals surface area contributed by atoms with Crippen molar-refractivity contribution in [3.63, 3.8) is 0 Å². The zero-order valence-corrected chi connectivity index (χ0v) is 13.3. The summed E-state index contributed by atoms with van der Waals surface area (Å²) in [4.78, 5) is 0.444. The molecule has 0 bridgehead atoms. The third kappa shape index (κ3) is 2.90. The molecule has 1 aromatic rings.